The van der Waals surface area contributed by atoms with E-state index in [9.17, 15) is 13.2 Å². The molecule has 7 heteroatoms. The first-order valence-electron chi connectivity index (χ1n) is 4.64. The molecule has 6 nitrogen and oxygen atoms in total. The fraction of sp³-hybridized carbons (Fsp3) is 0.222. The number of hydrogen-bond donors (Lipinski definition) is 3. The van der Waals surface area contributed by atoms with Crippen LogP contribution in [0.15, 0.2) is 23.1 Å². The van der Waals surface area contributed by atoms with Crippen molar-refractivity contribution >= 4 is 27.3 Å². The maximum Gasteiger partial charge on any atom is 0.243 e. The number of anilines is 2. The van der Waals surface area contributed by atoms with Crippen molar-refractivity contribution < 1.29 is 13.2 Å². The van der Waals surface area contributed by atoms with Crippen LogP contribution in [0.4, 0.5) is 11.4 Å². The van der Waals surface area contributed by atoms with E-state index in [1.165, 1.54) is 19.2 Å². The van der Waals surface area contributed by atoms with Crippen LogP contribution in [0.3, 0.4) is 0 Å². The third kappa shape index (κ3) is 1.86. The van der Waals surface area contributed by atoms with Crippen molar-refractivity contribution in [2.75, 3.05) is 24.2 Å². The number of amides is 1. The van der Waals surface area contributed by atoms with E-state index >= 15 is 0 Å². The zero-order chi connectivity index (χ0) is 11.8. The number of hydrogen-bond acceptors (Lipinski definition) is 4. The Bertz CT molecular complexity index is 539. The standard InChI is InChI=1S/C9H11N3O3S/c1-10-16(14,15)6-2-3-7-8(4-6)12-9(13)5-11-7/h2-4,10-11H,5H2,1H3,(H,12,13). The van der Waals surface area contributed by atoms with Gasteiger partial charge in [-0.1, -0.05) is 0 Å². The van der Waals surface area contributed by atoms with Crippen molar-refractivity contribution in [3.05, 3.63) is 18.2 Å². The Labute approximate surface area is 93.1 Å². The smallest absolute Gasteiger partial charge is 0.243 e. The van der Waals surface area contributed by atoms with Crippen LogP contribution in [0.1, 0.15) is 0 Å². The molecular formula is C9H11N3O3S. The van der Waals surface area contributed by atoms with Gasteiger partial charge in [0.15, 0.2) is 0 Å². The monoisotopic (exact) mass is 241 g/mol. The predicted octanol–water partition coefficient (Wildman–Crippen LogP) is -0.0413. The first kappa shape index (κ1) is 10.9. The number of carbonyl (C=O) groups excluding carboxylic acids is 1. The molecule has 1 heterocycles. The van der Waals surface area contributed by atoms with Gasteiger partial charge in [-0.05, 0) is 25.2 Å². The van der Waals surface area contributed by atoms with Crippen molar-refractivity contribution in [2.45, 2.75) is 4.90 Å². The molecule has 16 heavy (non-hydrogen) atoms. The quantitative estimate of drug-likeness (QED) is 0.678. The van der Waals surface area contributed by atoms with Gasteiger partial charge in [0.1, 0.15) is 0 Å². The van der Waals surface area contributed by atoms with Gasteiger partial charge in [-0.15, -0.1) is 0 Å². The molecular weight excluding hydrogens is 230 g/mol. The number of nitrogens with one attached hydrogen (secondary N) is 3. The summed E-state index contributed by atoms with van der Waals surface area (Å²) in [5, 5.41) is 5.48. The predicted molar refractivity (Wildman–Crippen MR) is 59.8 cm³/mol. The SMILES string of the molecule is CNS(=O)(=O)c1ccc2c(c1)NC(=O)CN2. The maximum absolute atomic E-state index is 11.5. The van der Waals surface area contributed by atoms with E-state index in [2.05, 4.69) is 15.4 Å². The zero-order valence-electron chi connectivity index (χ0n) is 8.57. The molecule has 0 bridgehead atoms. The molecule has 0 atom stereocenters. The molecule has 0 aromatic heterocycles. The number of sulfonamides is 1. The lowest BCUT2D eigenvalue weighted by molar-refractivity contribution is -0.114. The van der Waals surface area contributed by atoms with Crippen LogP contribution in [0.25, 0.3) is 0 Å². The molecule has 1 aromatic carbocycles. The molecule has 1 aliphatic rings. The van der Waals surface area contributed by atoms with Crippen molar-refractivity contribution in [2.24, 2.45) is 0 Å². The summed E-state index contributed by atoms with van der Waals surface area (Å²) >= 11 is 0. The normalized spacial score (nSPS) is 14.9. The summed E-state index contributed by atoms with van der Waals surface area (Å²) in [7, 11) is -2.14. The van der Waals surface area contributed by atoms with Crippen molar-refractivity contribution in [1.82, 2.24) is 4.72 Å². The Hall–Kier alpha value is -1.60. The number of benzene rings is 1. The first-order valence-corrected chi connectivity index (χ1v) is 6.12. The number of rotatable bonds is 2. The summed E-state index contributed by atoms with van der Waals surface area (Å²) in [5.41, 5.74) is 1.20. The van der Waals surface area contributed by atoms with E-state index in [4.69, 9.17) is 0 Å². The lowest BCUT2D eigenvalue weighted by Crippen LogP contribution is -2.28. The number of fused-ring (bicyclic) bond motifs is 1. The highest BCUT2D eigenvalue weighted by atomic mass is 32.2. The van der Waals surface area contributed by atoms with Crippen LogP contribution in [-0.4, -0.2) is 27.9 Å². The molecule has 0 spiro atoms. The Morgan fingerprint density at radius 3 is 2.75 bits per heavy atom. The van der Waals surface area contributed by atoms with E-state index in [0.717, 1.165) is 5.69 Å². The molecule has 1 aliphatic heterocycles. The minimum absolute atomic E-state index is 0.123. The number of carbonyl (C=O) groups is 1. The summed E-state index contributed by atoms with van der Waals surface area (Å²) in [4.78, 5) is 11.2. The van der Waals surface area contributed by atoms with Crippen LogP contribution in [0, 0.1) is 0 Å². The topological polar surface area (TPSA) is 87.3 Å². The average molecular weight is 241 g/mol. The average Bonchev–Trinajstić information content (AvgIpc) is 2.28. The van der Waals surface area contributed by atoms with E-state index in [1.54, 1.807) is 6.07 Å². The molecule has 0 saturated heterocycles. The molecule has 0 saturated carbocycles. The molecule has 1 aromatic rings. The summed E-state index contributed by atoms with van der Waals surface area (Å²) in [6, 6.07) is 4.53. The van der Waals surface area contributed by atoms with Gasteiger partial charge < -0.3 is 10.6 Å². The van der Waals surface area contributed by atoms with E-state index in [0.29, 0.717) is 5.69 Å². The van der Waals surface area contributed by atoms with Crippen LogP contribution in [0.2, 0.25) is 0 Å². The summed E-state index contributed by atoms with van der Waals surface area (Å²) < 4.78 is 25.3. The van der Waals surface area contributed by atoms with Gasteiger partial charge in [0.05, 0.1) is 22.8 Å². The van der Waals surface area contributed by atoms with Crippen LogP contribution in [-0.2, 0) is 14.8 Å². The fourth-order valence-corrected chi connectivity index (χ4v) is 2.19. The van der Waals surface area contributed by atoms with Gasteiger partial charge in [0, 0.05) is 0 Å². The van der Waals surface area contributed by atoms with Gasteiger partial charge in [0.2, 0.25) is 15.9 Å². The Kier molecular flexibility index (Phi) is 2.56. The van der Waals surface area contributed by atoms with Gasteiger partial charge in [-0.25, -0.2) is 13.1 Å². The minimum atomic E-state index is -3.48. The second-order valence-corrected chi connectivity index (χ2v) is 5.20. The van der Waals surface area contributed by atoms with E-state index < -0.39 is 10.0 Å². The lowest BCUT2D eigenvalue weighted by Gasteiger charge is -2.19. The first-order chi connectivity index (χ1) is 7.53. The highest BCUT2D eigenvalue weighted by molar-refractivity contribution is 7.89. The third-order valence-corrected chi connectivity index (χ3v) is 3.70. The minimum Gasteiger partial charge on any atom is -0.374 e. The second-order valence-electron chi connectivity index (χ2n) is 3.32. The molecule has 0 aliphatic carbocycles. The van der Waals surface area contributed by atoms with Crippen molar-refractivity contribution in [1.29, 1.82) is 0 Å². The van der Waals surface area contributed by atoms with Gasteiger partial charge in [-0.2, -0.15) is 0 Å². The molecule has 86 valence electrons. The molecule has 2 rings (SSSR count). The molecule has 0 fully saturated rings. The van der Waals surface area contributed by atoms with Gasteiger partial charge in [0.25, 0.3) is 0 Å². The largest absolute Gasteiger partial charge is 0.374 e. The van der Waals surface area contributed by atoms with Gasteiger partial charge in [-0.3, -0.25) is 4.79 Å². The molecule has 3 N–H and O–H groups in total. The summed E-state index contributed by atoms with van der Waals surface area (Å²) in [6.45, 7) is 0.200. The molecule has 0 radical (unpaired) electrons. The Morgan fingerprint density at radius 2 is 2.06 bits per heavy atom. The lowest BCUT2D eigenvalue weighted by atomic mass is 10.2. The zero-order valence-corrected chi connectivity index (χ0v) is 9.39. The van der Waals surface area contributed by atoms with Crippen molar-refractivity contribution in [3.63, 3.8) is 0 Å². The molecule has 1 amide bonds. The van der Waals surface area contributed by atoms with Gasteiger partial charge >= 0.3 is 0 Å². The van der Waals surface area contributed by atoms with Crippen LogP contribution >= 0.6 is 0 Å². The van der Waals surface area contributed by atoms with Crippen molar-refractivity contribution in [3.8, 4) is 0 Å². The van der Waals surface area contributed by atoms with E-state index in [1.807, 2.05) is 0 Å². The second kappa shape index (κ2) is 3.76. The Morgan fingerprint density at radius 1 is 1.31 bits per heavy atom. The van der Waals surface area contributed by atoms with Crippen LogP contribution < -0.4 is 15.4 Å². The highest BCUT2D eigenvalue weighted by Crippen LogP contribution is 2.27. The fourth-order valence-electron chi connectivity index (χ4n) is 1.44. The highest BCUT2D eigenvalue weighted by Gasteiger charge is 2.18. The maximum atomic E-state index is 11.5. The summed E-state index contributed by atoms with van der Waals surface area (Å²) in [6.07, 6.45) is 0. The van der Waals surface area contributed by atoms with Crippen LogP contribution in [0.5, 0.6) is 0 Å². The Balaban J connectivity index is 2.47. The summed E-state index contributed by atoms with van der Waals surface area (Å²) in [5.74, 6) is -0.188. The third-order valence-electron chi connectivity index (χ3n) is 2.28. The molecule has 0 unspecified atom stereocenters. The van der Waals surface area contributed by atoms with E-state index in [-0.39, 0.29) is 17.3 Å².